The van der Waals surface area contributed by atoms with Crippen LogP contribution in [-0.2, 0) is 4.79 Å². The minimum Gasteiger partial charge on any atom is -0.485 e. The first-order chi connectivity index (χ1) is 13.3. The summed E-state index contributed by atoms with van der Waals surface area (Å²) in [5.41, 5.74) is 1.18. The third-order valence-corrected chi connectivity index (χ3v) is 5.39. The Balaban J connectivity index is 1.29. The highest BCUT2D eigenvalue weighted by molar-refractivity contribution is 5.82. The Hall–Kier alpha value is -2.89. The Bertz CT molecular complexity index is 867. The number of ether oxygens (including phenoxy) is 4. The van der Waals surface area contributed by atoms with Crippen LogP contribution in [-0.4, -0.2) is 43.4 Å². The number of benzene rings is 2. The maximum absolute atomic E-state index is 13.0. The molecule has 1 amide bonds. The van der Waals surface area contributed by atoms with Crippen LogP contribution in [0, 0.1) is 0 Å². The van der Waals surface area contributed by atoms with Gasteiger partial charge in [0.2, 0.25) is 12.9 Å². The number of rotatable bonds is 2. The molecule has 2 aromatic carbocycles. The number of hydrogen-bond acceptors (Lipinski definition) is 5. The Morgan fingerprint density at radius 2 is 1.78 bits per heavy atom. The lowest BCUT2D eigenvalue weighted by atomic mass is 9.90. The van der Waals surface area contributed by atoms with Crippen molar-refractivity contribution in [2.75, 3.05) is 26.5 Å². The minimum absolute atomic E-state index is 0.00468. The molecule has 2 atom stereocenters. The lowest BCUT2D eigenvalue weighted by Gasteiger charge is -2.36. The van der Waals surface area contributed by atoms with Crippen LogP contribution in [0.15, 0.2) is 42.5 Å². The number of nitrogens with zero attached hydrogens (tertiary/aromatic N) is 1. The largest absolute Gasteiger partial charge is 0.485 e. The molecule has 6 heteroatoms. The van der Waals surface area contributed by atoms with E-state index in [4.69, 9.17) is 18.9 Å². The number of fused-ring (bicyclic) bond motifs is 2. The van der Waals surface area contributed by atoms with Crippen molar-refractivity contribution in [2.24, 2.45) is 0 Å². The molecule has 0 aliphatic carbocycles. The van der Waals surface area contributed by atoms with E-state index in [0.29, 0.717) is 18.0 Å². The monoisotopic (exact) mass is 367 g/mol. The first kappa shape index (κ1) is 16.3. The highest BCUT2D eigenvalue weighted by Crippen LogP contribution is 2.37. The molecule has 0 radical (unpaired) electrons. The molecule has 1 saturated heterocycles. The molecule has 140 valence electrons. The summed E-state index contributed by atoms with van der Waals surface area (Å²) in [5.74, 6) is 3.18. The van der Waals surface area contributed by atoms with E-state index in [1.165, 1.54) is 5.56 Å². The normalized spacial score (nSPS) is 23.2. The smallest absolute Gasteiger partial charge is 0.267 e. The maximum Gasteiger partial charge on any atom is 0.267 e. The molecule has 1 unspecified atom stereocenters. The highest BCUT2D eigenvalue weighted by Gasteiger charge is 2.34. The van der Waals surface area contributed by atoms with E-state index in [0.717, 1.165) is 30.9 Å². The van der Waals surface area contributed by atoms with Crippen LogP contribution in [0.5, 0.6) is 23.0 Å². The Kier molecular flexibility index (Phi) is 4.03. The second kappa shape index (κ2) is 6.68. The van der Waals surface area contributed by atoms with Gasteiger partial charge in [-0.05, 0) is 42.7 Å². The number of para-hydroxylation sites is 2. The van der Waals surface area contributed by atoms with Crippen molar-refractivity contribution in [3.63, 3.8) is 0 Å². The van der Waals surface area contributed by atoms with E-state index < -0.39 is 6.10 Å². The van der Waals surface area contributed by atoms with Gasteiger partial charge in [0, 0.05) is 19.0 Å². The van der Waals surface area contributed by atoms with Crippen LogP contribution < -0.4 is 18.9 Å². The zero-order valence-corrected chi connectivity index (χ0v) is 14.9. The maximum atomic E-state index is 13.0. The summed E-state index contributed by atoms with van der Waals surface area (Å²) in [6.45, 7) is 1.96. The van der Waals surface area contributed by atoms with Gasteiger partial charge in [-0.25, -0.2) is 0 Å². The summed E-state index contributed by atoms with van der Waals surface area (Å²) < 4.78 is 22.5. The Labute approximate surface area is 157 Å². The number of hydrogen-bond donors (Lipinski definition) is 0. The number of likely N-dealkylation sites (tertiary alicyclic amines) is 1. The average Bonchev–Trinajstić information content (AvgIpc) is 3.21. The van der Waals surface area contributed by atoms with Crippen molar-refractivity contribution in [3.05, 3.63) is 48.0 Å². The van der Waals surface area contributed by atoms with Gasteiger partial charge in [-0.15, -0.1) is 0 Å². The fraction of sp³-hybridized carbons (Fsp3) is 0.381. The Morgan fingerprint density at radius 3 is 2.70 bits per heavy atom. The number of carbonyl (C=O) groups excluding carboxylic acids is 1. The SMILES string of the molecule is O=C([C@H]1COc2ccccc2O1)N1CCCC(c2ccc3c(c2)OCO3)C1. The molecule has 0 spiro atoms. The summed E-state index contributed by atoms with van der Waals surface area (Å²) in [6.07, 6.45) is 1.43. The van der Waals surface area contributed by atoms with Crippen LogP contribution in [0.2, 0.25) is 0 Å². The minimum atomic E-state index is -0.588. The molecule has 27 heavy (non-hydrogen) atoms. The zero-order valence-electron chi connectivity index (χ0n) is 14.9. The first-order valence-electron chi connectivity index (χ1n) is 9.35. The van der Waals surface area contributed by atoms with E-state index in [1.807, 2.05) is 41.3 Å². The van der Waals surface area contributed by atoms with Crippen molar-refractivity contribution in [2.45, 2.75) is 24.9 Å². The second-order valence-electron chi connectivity index (χ2n) is 7.10. The van der Waals surface area contributed by atoms with Gasteiger partial charge in [-0.1, -0.05) is 18.2 Å². The van der Waals surface area contributed by atoms with E-state index >= 15 is 0 Å². The van der Waals surface area contributed by atoms with Gasteiger partial charge in [0.25, 0.3) is 5.91 Å². The van der Waals surface area contributed by atoms with Gasteiger partial charge >= 0.3 is 0 Å². The van der Waals surface area contributed by atoms with Gasteiger partial charge in [0.15, 0.2) is 23.0 Å². The third kappa shape index (κ3) is 3.05. The lowest BCUT2D eigenvalue weighted by Crippen LogP contribution is -2.49. The average molecular weight is 367 g/mol. The summed E-state index contributed by atoms with van der Waals surface area (Å²) in [5, 5.41) is 0. The fourth-order valence-corrected chi connectivity index (χ4v) is 3.96. The molecule has 5 rings (SSSR count). The Morgan fingerprint density at radius 1 is 0.963 bits per heavy atom. The summed E-state index contributed by atoms with van der Waals surface area (Å²) in [6, 6.07) is 13.5. The van der Waals surface area contributed by atoms with Crippen molar-refractivity contribution in [1.82, 2.24) is 4.90 Å². The van der Waals surface area contributed by atoms with E-state index in [-0.39, 0.29) is 25.2 Å². The molecule has 0 N–H and O–H groups in total. The highest BCUT2D eigenvalue weighted by atomic mass is 16.7. The molecular formula is C21H21NO5. The van der Waals surface area contributed by atoms with Crippen molar-refractivity contribution in [1.29, 1.82) is 0 Å². The summed E-state index contributed by atoms with van der Waals surface area (Å²) in [4.78, 5) is 14.9. The van der Waals surface area contributed by atoms with Crippen LogP contribution in [0.25, 0.3) is 0 Å². The molecule has 3 heterocycles. The summed E-state index contributed by atoms with van der Waals surface area (Å²) in [7, 11) is 0. The van der Waals surface area contributed by atoms with Crippen molar-refractivity contribution >= 4 is 5.91 Å². The van der Waals surface area contributed by atoms with Crippen LogP contribution in [0.4, 0.5) is 0 Å². The second-order valence-corrected chi connectivity index (χ2v) is 7.10. The van der Waals surface area contributed by atoms with E-state index in [9.17, 15) is 4.79 Å². The number of amides is 1. The van der Waals surface area contributed by atoms with Gasteiger partial charge in [0.05, 0.1) is 0 Å². The molecule has 0 bridgehead atoms. The first-order valence-corrected chi connectivity index (χ1v) is 9.35. The number of carbonyl (C=O) groups is 1. The lowest BCUT2D eigenvalue weighted by molar-refractivity contribution is -0.142. The zero-order chi connectivity index (χ0) is 18.2. The molecule has 1 fully saturated rings. The summed E-state index contributed by atoms with van der Waals surface area (Å²) >= 11 is 0. The van der Waals surface area contributed by atoms with Crippen LogP contribution in [0.3, 0.4) is 0 Å². The standard InChI is InChI=1S/C21H21NO5/c23-21(20-12-24-16-5-1-2-6-18(16)27-20)22-9-3-4-15(11-22)14-7-8-17-19(10-14)26-13-25-17/h1-2,5-8,10,15,20H,3-4,9,11-13H2/t15?,20-/m1/s1. The predicted molar refractivity (Wildman–Crippen MR) is 97.5 cm³/mol. The quantitative estimate of drug-likeness (QED) is 0.817. The number of piperidine rings is 1. The fourth-order valence-electron chi connectivity index (χ4n) is 3.96. The topological polar surface area (TPSA) is 57.2 Å². The predicted octanol–water partition coefficient (Wildman–Crippen LogP) is 2.96. The van der Waals surface area contributed by atoms with E-state index in [2.05, 4.69) is 6.07 Å². The van der Waals surface area contributed by atoms with Crippen molar-refractivity contribution < 1.29 is 23.7 Å². The molecular weight excluding hydrogens is 346 g/mol. The van der Waals surface area contributed by atoms with Crippen LogP contribution in [0.1, 0.15) is 24.3 Å². The molecule has 0 saturated carbocycles. The molecule has 3 aliphatic heterocycles. The van der Waals surface area contributed by atoms with Gasteiger partial charge < -0.3 is 23.8 Å². The van der Waals surface area contributed by atoms with Gasteiger partial charge in [0.1, 0.15) is 6.61 Å². The van der Waals surface area contributed by atoms with Crippen LogP contribution >= 0.6 is 0 Å². The molecule has 6 nitrogen and oxygen atoms in total. The van der Waals surface area contributed by atoms with Gasteiger partial charge in [-0.2, -0.15) is 0 Å². The molecule has 0 aromatic heterocycles. The third-order valence-electron chi connectivity index (χ3n) is 5.39. The van der Waals surface area contributed by atoms with E-state index in [1.54, 1.807) is 0 Å². The molecule has 2 aromatic rings. The van der Waals surface area contributed by atoms with Crippen molar-refractivity contribution in [3.8, 4) is 23.0 Å². The van der Waals surface area contributed by atoms with Gasteiger partial charge in [-0.3, -0.25) is 4.79 Å². The molecule has 3 aliphatic rings.